The van der Waals surface area contributed by atoms with Crippen LogP contribution < -0.4 is 5.32 Å². The van der Waals surface area contributed by atoms with Crippen molar-refractivity contribution in [3.63, 3.8) is 0 Å². The molecule has 2 heterocycles. The summed E-state index contributed by atoms with van der Waals surface area (Å²) in [7, 11) is 0. The van der Waals surface area contributed by atoms with E-state index in [-0.39, 0.29) is 17.4 Å². The molecule has 0 saturated carbocycles. The molecule has 1 aromatic heterocycles. The molecule has 1 fully saturated rings. The lowest BCUT2D eigenvalue weighted by molar-refractivity contribution is -0.147. The molecule has 2 amide bonds. The van der Waals surface area contributed by atoms with E-state index in [0.29, 0.717) is 18.7 Å². The number of carbonyl (C=O) groups is 2. The zero-order chi connectivity index (χ0) is 19.8. The zero-order valence-corrected chi connectivity index (χ0v) is 16.7. The average Bonchev–Trinajstić information content (AvgIpc) is 2.94. The lowest BCUT2D eigenvalue weighted by Gasteiger charge is -2.41. The smallest absolute Gasteiger partial charge is 0.236 e. The van der Waals surface area contributed by atoms with E-state index in [1.54, 1.807) is 6.33 Å². The van der Waals surface area contributed by atoms with E-state index in [2.05, 4.69) is 10.3 Å². The third-order valence-electron chi connectivity index (χ3n) is 5.23. The van der Waals surface area contributed by atoms with Gasteiger partial charge in [0.2, 0.25) is 11.8 Å². The number of amides is 2. The highest BCUT2D eigenvalue weighted by atomic mass is 16.2. The molecule has 3 rings (SSSR count). The molecule has 1 aliphatic rings. The van der Waals surface area contributed by atoms with E-state index < -0.39 is 5.92 Å². The molecule has 2 aromatic rings. The van der Waals surface area contributed by atoms with Gasteiger partial charge in [0.1, 0.15) is 5.92 Å². The van der Waals surface area contributed by atoms with Crippen LogP contribution in [0.4, 0.5) is 5.69 Å². The molecule has 1 aromatic carbocycles. The van der Waals surface area contributed by atoms with Crippen LogP contribution in [0.1, 0.15) is 45.0 Å². The first kappa shape index (κ1) is 19.1. The van der Waals surface area contributed by atoms with E-state index in [4.69, 9.17) is 0 Å². The van der Waals surface area contributed by atoms with E-state index in [1.807, 2.05) is 68.4 Å². The van der Waals surface area contributed by atoms with Gasteiger partial charge in [0.05, 0.1) is 12.0 Å². The maximum absolute atomic E-state index is 12.7. The first-order chi connectivity index (χ1) is 12.7. The highest BCUT2D eigenvalue weighted by Gasteiger charge is 2.38. The molecule has 1 N–H and O–H groups in total. The number of hydrogen-bond donors (Lipinski definition) is 1. The van der Waals surface area contributed by atoms with Crippen LogP contribution in [0.15, 0.2) is 30.6 Å². The number of nitrogens with one attached hydrogen (secondary N) is 1. The SMILES string of the molecule is Cc1ncn(-c2ccc(NC(=O)C3CCCN(C(C)(C)C)C3=O)cc2)c1C. The Morgan fingerprint density at radius 3 is 2.41 bits per heavy atom. The van der Waals surface area contributed by atoms with Gasteiger partial charge in [0, 0.05) is 29.2 Å². The Balaban J connectivity index is 1.71. The van der Waals surface area contributed by atoms with Crippen LogP contribution in [0.5, 0.6) is 0 Å². The molecule has 144 valence electrons. The number of aromatic nitrogens is 2. The number of hydrogen-bond acceptors (Lipinski definition) is 3. The van der Waals surface area contributed by atoms with Crippen molar-refractivity contribution >= 4 is 17.5 Å². The van der Waals surface area contributed by atoms with Gasteiger partial charge in [0.15, 0.2) is 0 Å². The van der Waals surface area contributed by atoms with Gasteiger partial charge in [-0.15, -0.1) is 0 Å². The Morgan fingerprint density at radius 2 is 1.85 bits per heavy atom. The minimum atomic E-state index is -0.615. The second-order valence-corrected chi connectivity index (χ2v) is 8.18. The number of imidazole rings is 1. The summed E-state index contributed by atoms with van der Waals surface area (Å²) in [5.41, 5.74) is 3.49. The first-order valence-corrected chi connectivity index (χ1v) is 9.42. The largest absolute Gasteiger partial charge is 0.337 e. The number of anilines is 1. The first-order valence-electron chi connectivity index (χ1n) is 9.42. The predicted molar refractivity (Wildman–Crippen MR) is 106 cm³/mol. The third kappa shape index (κ3) is 3.89. The predicted octanol–water partition coefficient (Wildman–Crippen LogP) is 3.46. The summed E-state index contributed by atoms with van der Waals surface area (Å²) >= 11 is 0. The Hall–Kier alpha value is -2.63. The molecule has 6 heteroatoms. The number of nitrogens with zero attached hydrogens (tertiary/aromatic N) is 3. The molecule has 0 aliphatic carbocycles. The van der Waals surface area contributed by atoms with E-state index in [0.717, 1.165) is 23.5 Å². The van der Waals surface area contributed by atoms with Crippen molar-refractivity contribution in [3.8, 4) is 5.69 Å². The fourth-order valence-electron chi connectivity index (χ4n) is 3.48. The Kier molecular flexibility index (Phi) is 5.09. The summed E-state index contributed by atoms with van der Waals surface area (Å²) in [6.07, 6.45) is 3.24. The van der Waals surface area contributed by atoms with E-state index in [1.165, 1.54) is 0 Å². The maximum atomic E-state index is 12.7. The summed E-state index contributed by atoms with van der Waals surface area (Å²) in [4.78, 5) is 31.6. The van der Waals surface area contributed by atoms with Crippen molar-refractivity contribution in [3.05, 3.63) is 42.0 Å². The second kappa shape index (κ2) is 7.18. The standard InChI is InChI=1S/C21H28N4O2/c1-14-15(2)24(13-22-14)17-10-8-16(9-11-17)23-19(26)18-7-6-12-25(20(18)27)21(3,4)5/h8-11,13,18H,6-7,12H2,1-5H3,(H,23,26). The van der Waals surface area contributed by atoms with Crippen molar-refractivity contribution in [2.24, 2.45) is 5.92 Å². The number of rotatable bonds is 3. The second-order valence-electron chi connectivity index (χ2n) is 8.18. The van der Waals surface area contributed by atoms with Crippen molar-refractivity contribution in [1.29, 1.82) is 0 Å². The number of likely N-dealkylation sites (tertiary alicyclic amines) is 1. The lowest BCUT2D eigenvalue weighted by atomic mass is 9.92. The quantitative estimate of drug-likeness (QED) is 0.844. The van der Waals surface area contributed by atoms with Gasteiger partial charge in [-0.25, -0.2) is 4.98 Å². The molecule has 1 aliphatic heterocycles. The molecular weight excluding hydrogens is 340 g/mol. The fraction of sp³-hybridized carbons (Fsp3) is 0.476. The van der Waals surface area contributed by atoms with Crippen LogP contribution in [-0.4, -0.2) is 38.3 Å². The number of aryl methyl sites for hydroxylation is 1. The highest BCUT2D eigenvalue weighted by molar-refractivity contribution is 6.06. The summed E-state index contributed by atoms with van der Waals surface area (Å²) in [5, 5.41) is 2.90. The van der Waals surface area contributed by atoms with E-state index >= 15 is 0 Å². The van der Waals surface area contributed by atoms with Gasteiger partial charge in [0.25, 0.3) is 0 Å². The van der Waals surface area contributed by atoms with E-state index in [9.17, 15) is 9.59 Å². The maximum Gasteiger partial charge on any atom is 0.236 e. The normalized spacial score (nSPS) is 17.9. The number of piperidine rings is 1. The Morgan fingerprint density at radius 1 is 1.19 bits per heavy atom. The fourth-order valence-corrected chi connectivity index (χ4v) is 3.48. The van der Waals surface area contributed by atoms with Gasteiger partial charge < -0.3 is 14.8 Å². The summed E-state index contributed by atoms with van der Waals surface area (Å²) in [5.74, 6) is -0.917. The summed E-state index contributed by atoms with van der Waals surface area (Å²) < 4.78 is 2.01. The topological polar surface area (TPSA) is 67.2 Å². The zero-order valence-electron chi connectivity index (χ0n) is 16.7. The van der Waals surface area contributed by atoms with Crippen molar-refractivity contribution in [2.75, 3.05) is 11.9 Å². The average molecular weight is 368 g/mol. The van der Waals surface area contributed by atoms with Crippen LogP contribution in [0, 0.1) is 19.8 Å². The van der Waals surface area contributed by atoms with Crippen LogP contribution in [0.3, 0.4) is 0 Å². The highest BCUT2D eigenvalue weighted by Crippen LogP contribution is 2.26. The molecular formula is C21H28N4O2. The van der Waals surface area contributed by atoms with Crippen LogP contribution >= 0.6 is 0 Å². The molecule has 6 nitrogen and oxygen atoms in total. The molecule has 27 heavy (non-hydrogen) atoms. The molecule has 1 saturated heterocycles. The lowest BCUT2D eigenvalue weighted by Crippen LogP contribution is -2.53. The van der Waals surface area contributed by atoms with Gasteiger partial charge >= 0.3 is 0 Å². The minimum absolute atomic E-state index is 0.0765. The molecule has 0 radical (unpaired) electrons. The van der Waals surface area contributed by atoms with Crippen molar-refractivity contribution < 1.29 is 9.59 Å². The van der Waals surface area contributed by atoms with Gasteiger partial charge in [-0.2, -0.15) is 0 Å². The van der Waals surface area contributed by atoms with Crippen LogP contribution in [0.2, 0.25) is 0 Å². The molecule has 0 spiro atoms. The number of carbonyl (C=O) groups excluding carboxylic acids is 2. The van der Waals surface area contributed by atoms with Crippen molar-refractivity contribution in [1.82, 2.24) is 14.5 Å². The third-order valence-corrected chi connectivity index (χ3v) is 5.23. The Bertz CT molecular complexity index is 846. The van der Waals surface area contributed by atoms with Crippen molar-refractivity contribution in [2.45, 2.75) is 53.0 Å². The summed E-state index contributed by atoms with van der Waals surface area (Å²) in [6.45, 7) is 10.7. The monoisotopic (exact) mass is 368 g/mol. The van der Waals surface area contributed by atoms with Gasteiger partial charge in [-0.3, -0.25) is 9.59 Å². The molecule has 0 bridgehead atoms. The van der Waals surface area contributed by atoms with Gasteiger partial charge in [-0.1, -0.05) is 0 Å². The number of benzene rings is 1. The molecule has 1 unspecified atom stereocenters. The van der Waals surface area contributed by atoms with Crippen LogP contribution in [-0.2, 0) is 9.59 Å². The minimum Gasteiger partial charge on any atom is -0.337 e. The molecule has 1 atom stereocenters. The Labute approximate surface area is 160 Å². The van der Waals surface area contributed by atoms with Gasteiger partial charge in [-0.05, 0) is 71.7 Å². The summed E-state index contributed by atoms with van der Waals surface area (Å²) in [6, 6.07) is 7.59. The van der Waals surface area contributed by atoms with Crippen LogP contribution in [0.25, 0.3) is 5.69 Å².